The third kappa shape index (κ3) is 6.05. The maximum Gasteiger partial charge on any atom is 0.165 e. The molecule has 3 aromatic heterocycles. The monoisotopic (exact) mass is 825 g/mol. The fourth-order valence-corrected chi connectivity index (χ4v) is 12.1. The van der Waals surface area contributed by atoms with E-state index >= 15 is 0 Å². The molecule has 0 atom stereocenters. The first kappa shape index (κ1) is 37.1. The zero-order valence-corrected chi connectivity index (χ0v) is 35.2. The van der Waals surface area contributed by atoms with Crippen molar-refractivity contribution in [3.8, 4) is 90.6 Å². The first-order valence-electron chi connectivity index (χ1n) is 22.6. The van der Waals surface area contributed by atoms with Crippen molar-refractivity contribution in [2.75, 3.05) is 0 Å². The second kappa shape index (κ2) is 14.8. The Hall–Kier alpha value is -7.51. The number of hydrogen-bond acceptors (Lipinski definition) is 7. The molecule has 64 heavy (non-hydrogen) atoms. The Morgan fingerprint density at radius 2 is 0.672 bits per heavy atom. The molecule has 9 aromatic rings. The Bertz CT molecular complexity index is 3080. The molecule has 0 aliphatic heterocycles. The van der Waals surface area contributed by atoms with Crippen molar-refractivity contribution >= 4 is 0 Å². The van der Waals surface area contributed by atoms with Crippen LogP contribution in [-0.4, -0.2) is 34.9 Å². The van der Waals surface area contributed by atoms with E-state index in [0.29, 0.717) is 46.8 Å². The Morgan fingerprint density at radius 1 is 0.312 bits per heavy atom. The van der Waals surface area contributed by atoms with Gasteiger partial charge >= 0.3 is 0 Å². The molecule has 306 valence electrons. The summed E-state index contributed by atoms with van der Waals surface area (Å²) in [6.07, 6.45) is 10.4. The number of nitrogens with zero attached hydrogens (tertiary/aromatic N) is 7. The lowest BCUT2D eigenvalue weighted by Gasteiger charge is -2.61. The van der Waals surface area contributed by atoms with Gasteiger partial charge in [-0.15, -0.1) is 0 Å². The molecule has 3 heterocycles. The van der Waals surface area contributed by atoms with Gasteiger partial charge in [0.2, 0.25) is 0 Å². The summed E-state index contributed by atoms with van der Waals surface area (Å²) in [5, 5.41) is 0. The second-order valence-electron chi connectivity index (χ2n) is 18.2. The maximum absolute atomic E-state index is 5.19. The van der Waals surface area contributed by atoms with Crippen LogP contribution in [0, 0.1) is 23.7 Å². The van der Waals surface area contributed by atoms with Gasteiger partial charge in [-0.1, -0.05) is 146 Å². The van der Waals surface area contributed by atoms with Gasteiger partial charge in [-0.25, -0.2) is 29.9 Å². The highest BCUT2D eigenvalue weighted by Crippen LogP contribution is 2.69. The minimum Gasteiger partial charge on any atom is -0.263 e. The molecule has 4 bridgehead atoms. The number of benzene rings is 6. The zero-order valence-electron chi connectivity index (χ0n) is 35.2. The Balaban J connectivity index is 0.941. The van der Waals surface area contributed by atoms with Crippen molar-refractivity contribution in [2.45, 2.75) is 37.5 Å². The first-order valence-corrected chi connectivity index (χ1v) is 22.6. The summed E-state index contributed by atoms with van der Waals surface area (Å²) in [5.74, 6) is 6.75. The van der Waals surface area contributed by atoms with Crippen LogP contribution >= 0.6 is 0 Å². The number of aromatic nitrogens is 7. The van der Waals surface area contributed by atoms with E-state index in [1.807, 2.05) is 109 Å². The molecule has 0 saturated heterocycles. The lowest BCUT2D eigenvalue weighted by atomic mass is 9.43. The Labute approximate surface area is 372 Å². The van der Waals surface area contributed by atoms with Gasteiger partial charge in [0.25, 0.3) is 0 Å². The Kier molecular flexibility index (Phi) is 8.58. The van der Waals surface area contributed by atoms with E-state index < -0.39 is 0 Å². The van der Waals surface area contributed by atoms with E-state index in [-0.39, 0.29) is 5.41 Å². The van der Waals surface area contributed by atoms with Crippen LogP contribution < -0.4 is 0 Å². The summed E-state index contributed by atoms with van der Waals surface area (Å²) < 4.78 is 0. The summed E-state index contributed by atoms with van der Waals surface area (Å²) >= 11 is 0. The second-order valence-corrected chi connectivity index (χ2v) is 18.2. The average molecular weight is 826 g/mol. The predicted molar refractivity (Wildman–Crippen MR) is 252 cm³/mol. The van der Waals surface area contributed by atoms with E-state index in [0.717, 1.165) is 56.3 Å². The summed E-state index contributed by atoms with van der Waals surface area (Å²) in [6.45, 7) is 0. The van der Waals surface area contributed by atoms with Crippen LogP contribution in [0.5, 0.6) is 0 Å². The molecule has 0 radical (unpaired) electrons. The molecule has 5 aliphatic carbocycles. The minimum absolute atomic E-state index is 0.0872. The van der Waals surface area contributed by atoms with E-state index in [1.165, 1.54) is 54.4 Å². The van der Waals surface area contributed by atoms with Gasteiger partial charge in [0.05, 0.1) is 0 Å². The molecule has 0 N–H and O–H groups in total. The predicted octanol–water partition coefficient (Wildman–Crippen LogP) is 12.8. The molecule has 7 nitrogen and oxygen atoms in total. The minimum atomic E-state index is -0.0872. The van der Waals surface area contributed by atoms with Crippen LogP contribution in [0.4, 0.5) is 0 Å². The van der Waals surface area contributed by atoms with Crippen molar-refractivity contribution in [1.82, 2.24) is 34.9 Å². The molecule has 6 aromatic carbocycles. The topological polar surface area (TPSA) is 90.2 Å². The molecule has 1 spiro atoms. The smallest absolute Gasteiger partial charge is 0.165 e. The van der Waals surface area contributed by atoms with Gasteiger partial charge in [-0.3, -0.25) is 4.98 Å². The van der Waals surface area contributed by atoms with Gasteiger partial charge in [0.1, 0.15) is 0 Å². The molecule has 5 aliphatic rings. The molecular weight excluding hydrogens is 783 g/mol. The van der Waals surface area contributed by atoms with Gasteiger partial charge < -0.3 is 0 Å². The van der Waals surface area contributed by atoms with Gasteiger partial charge in [-0.2, -0.15) is 0 Å². The lowest BCUT2D eigenvalue weighted by molar-refractivity contribution is -0.0399. The van der Waals surface area contributed by atoms with Crippen LogP contribution in [0.25, 0.3) is 90.6 Å². The highest BCUT2D eigenvalue weighted by molar-refractivity contribution is 5.87. The molecule has 0 amide bonds. The zero-order chi connectivity index (χ0) is 42.2. The summed E-state index contributed by atoms with van der Waals surface area (Å²) in [6, 6.07) is 57.2. The van der Waals surface area contributed by atoms with Gasteiger partial charge in [0, 0.05) is 56.8 Å². The third-order valence-corrected chi connectivity index (χ3v) is 14.6. The number of fused-ring (bicyclic) bond motifs is 3. The van der Waals surface area contributed by atoms with Crippen LogP contribution in [0.2, 0.25) is 0 Å². The SMILES string of the molecule is c1ccc(-c2nc(-c3ccccc3)nc(-c3cncc(-c4ccc5c(c4)C4(c6cc(-c7nc(-c8ccccc8)nc(-c8ccccc8)n7)ccc6-5)C5CC6CC(C5)CC4C6)c3)n2)cc1. The highest BCUT2D eigenvalue weighted by atomic mass is 15.0. The Morgan fingerprint density at radius 3 is 1.11 bits per heavy atom. The van der Waals surface area contributed by atoms with Crippen molar-refractivity contribution < 1.29 is 0 Å². The largest absolute Gasteiger partial charge is 0.263 e. The van der Waals surface area contributed by atoms with Crippen molar-refractivity contribution in [2.24, 2.45) is 23.7 Å². The van der Waals surface area contributed by atoms with E-state index in [1.54, 1.807) is 0 Å². The molecule has 4 saturated carbocycles. The third-order valence-electron chi connectivity index (χ3n) is 14.6. The molecule has 14 rings (SSSR count). The first-order chi connectivity index (χ1) is 31.6. The van der Waals surface area contributed by atoms with Gasteiger partial charge in [-0.05, 0) is 102 Å². The lowest BCUT2D eigenvalue weighted by Crippen LogP contribution is -2.55. The normalized spacial score (nSPS) is 21.2. The van der Waals surface area contributed by atoms with Crippen LogP contribution in [0.15, 0.2) is 176 Å². The van der Waals surface area contributed by atoms with Crippen molar-refractivity contribution in [3.05, 3.63) is 187 Å². The highest BCUT2D eigenvalue weighted by Gasteiger charge is 2.61. The van der Waals surface area contributed by atoms with Crippen LogP contribution in [0.3, 0.4) is 0 Å². The van der Waals surface area contributed by atoms with Crippen molar-refractivity contribution in [1.29, 1.82) is 0 Å². The molecule has 7 heteroatoms. The van der Waals surface area contributed by atoms with Gasteiger partial charge in [0.15, 0.2) is 34.9 Å². The summed E-state index contributed by atoms with van der Waals surface area (Å²) in [7, 11) is 0. The van der Waals surface area contributed by atoms with Crippen LogP contribution in [0.1, 0.15) is 43.2 Å². The van der Waals surface area contributed by atoms with E-state index in [9.17, 15) is 0 Å². The molecule has 0 unspecified atom stereocenters. The standard InChI is InChI=1S/C57H43N7/c1-5-13-37(14-6-1)51-59-52(38-15-7-2-8-16-38)62-55(61-51)42-22-24-48-47-23-21-41(31-49(47)57(50(48)32-42)45-26-35-25-36(28-45)29-46(57)27-35)43-30-44(34-58-33-43)56-63-53(39-17-9-3-10-18-39)60-54(64-56)40-19-11-4-12-20-40/h1-24,30-36,45-46H,25-29H2. The quantitative estimate of drug-likeness (QED) is 0.158. The summed E-state index contributed by atoms with van der Waals surface area (Å²) in [5.41, 5.74) is 13.5. The number of hydrogen-bond donors (Lipinski definition) is 0. The molecular formula is C57H43N7. The van der Waals surface area contributed by atoms with E-state index in [4.69, 9.17) is 34.9 Å². The fourth-order valence-electron chi connectivity index (χ4n) is 12.1. The average Bonchev–Trinajstić information content (AvgIpc) is 3.65. The van der Waals surface area contributed by atoms with E-state index in [2.05, 4.69) is 66.7 Å². The number of rotatable bonds is 7. The maximum atomic E-state index is 5.19. The number of pyridine rings is 1. The fraction of sp³-hybridized carbons (Fsp3) is 0.175. The molecule has 4 fully saturated rings. The van der Waals surface area contributed by atoms with Crippen LogP contribution in [-0.2, 0) is 5.41 Å². The van der Waals surface area contributed by atoms with Crippen molar-refractivity contribution in [3.63, 3.8) is 0 Å². The summed E-state index contributed by atoms with van der Waals surface area (Å²) in [4.78, 5) is 35.2.